The minimum atomic E-state index is -0.421. The zero-order valence-electron chi connectivity index (χ0n) is 8.56. The van der Waals surface area contributed by atoms with Gasteiger partial charge in [-0.15, -0.1) is 0 Å². The maximum Gasteiger partial charge on any atom is 0.333 e. The quantitative estimate of drug-likeness (QED) is 0.270. The normalized spacial score (nSPS) is 12.4. The number of esters is 1. The molecule has 1 atom stereocenters. The van der Waals surface area contributed by atoms with Gasteiger partial charge in [-0.25, -0.2) is 4.79 Å². The van der Waals surface area contributed by atoms with Crippen LogP contribution < -0.4 is 0 Å². The molecule has 0 saturated carbocycles. The lowest BCUT2D eigenvalue weighted by molar-refractivity contribution is -0.137. The summed E-state index contributed by atoms with van der Waals surface area (Å²) in [5.41, 5.74) is 0. The van der Waals surface area contributed by atoms with Crippen LogP contribution in [0.25, 0.3) is 0 Å². The van der Waals surface area contributed by atoms with E-state index < -0.39 is 5.97 Å². The molecule has 0 aliphatic rings. The lowest BCUT2D eigenvalue weighted by Crippen LogP contribution is -2.05. The molecule has 80 valence electrons. The molecule has 0 aliphatic heterocycles. The van der Waals surface area contributed by atoms with E-state index in [4.69, 9.17) is 4.74 Å². The highest BCUT2D eigenvalue weighted by atomic mass is 16.5. The first-order chi connectivity index (χ1) is 6.70. The smallest absolute Gasteiger partial charge is 0.333 e. The van der Waals surface area contributed by atoms with Crippen molar-refractivity contribution >= 4 is 12.3 Å². The van der Waals surface area contributed by atoms with Gasteiger partial charge >= 0.3 is 5.97 Å². The van der Waals surface area contributed by atoms with Gasteiger partial charge in [0.25, 0.3) is 0 Å². The molecule has 0 heterocycles. The summed E-state index contributed by atoms with van der Waals surface area (Å²) in [5.74, 6) is -0.421. The second-order valence-electron chi connectivity index (χ2n) is 2.75. The average Bonchev–Trinajstić information content (AvgIpc) is 2.15. The number of hydrogen-bond acceptors (Lipinski definition) is 4. The van der Waals surface area contributed by atoms with Crippen LogP contribution in [-0.2, 0) is 19.1 Å². The van der Waals surface area contributed by atoms with Crippen LogP contribution in [0, 0.1) is 0 Å². The zero-order chi connectivity index (χ0) is 10.8. The third kappa shape index (κ3) is 7.34. The Labute approximate surface area is 83.9 Å². The van der Waals surface area contributed by atoms with Gasteiger partial charge in [0, 0.05) is 6.42 Å². The molecule has 1 unspecified atom stereocenters. The Balaban J connectivity index is 3.58. The second-order valence-corrected chi connectivity index (χ2v) is 2.75. The van der Waals surface area contributed by atoms with Crippen LogP contribution in [0.3, 0.4) is 0 Å². The van der Waals surface area contributed by atoms with E-state index in [2.05, 4.69) is 4.74 Å². The Bertz CT molecular complexity index is 198. The summed E-state index contributed by atoms with van der Waals surface area (Å²) in [5, 5.41) is 0. The van der Waals surface area contributed by atoms with Crippen molar-refractivity contribution in [2.24, 2.45) is 0 Å². The molecule has 4 heteroatoms. The third-order valence-corrected chi connectivity index (χ3v) is 1.49. The third-order valence-electron chi connectivity index (χ3n) is 1.49. The van der Waals surface area contributed by atoms with Gasteiger partial charge in [-0.3, -0.25) is 0 Å². The maximum absolute atomic E-state index is 10.8. The first kappa shape index (κ1) is 12.7. The topological polar surface area (TPSA) is 52.6 Å². The highest BCUT2D eigenvalue weighted by Gasteiger charge is 1.99. The minimum Gasteiger partial charge on any atom is -0.498 e. The Morgan fingerprint density at radius 1 is 1.50 bits per heavy atom. The van der Waals surface area contributed by atoms with Gasteiger partial charge in [-0.1, -0.05) is 0 Å². The van der Waals surface area contributed by atoms with E-state index in [1.165, 1.54) is 12.3 Å². The van der Waals surface area contributed by atoms with Gasteiger partial charge in [0.05, 0.1) is 25.0 Å². The molecule has 0 fully saturated rings. The first-order valence-electron chi connectivity index (χ1n) is 4.63. The van der Waals surface area contributed by atoms with E-state index in [-0.39, 0.29) is 6.10 Å². The molecular weight excluding hydrogens is 184 g/mol. The van der Waals surface area contributed by atoms with Crippen molar-refractivity contribution in [3.05, 3.63) is 12.3 Å². The van der Waals surface area contributed by atoms with Crippen molar-refractivity contribution in [2.45, 2.75) is 32.8 Å². The van der Waals surface area contributed by atoms with E-state index in [0.29, 0.717) is 19.4 Å². The van der Waals surface area contributed by atoms with Crippen LogP contribution in [0.1, 0.15) is 26.7 Å². The molecule has 0 spiro atoms. The van der Waals surface area contributed by atoms with Gasteiger partial charge in [0.2, 0.25) is 0 Å². The van der Waals surface area contributed by atoms with Crippen molar-refractivity contribution in [3.8, 4) is 0 Å². The van der Waals surface area contributed by atoms with Gasteiger partial charge in [0.15, 0.2) is 0 Å². The summed E-state index contributed by atoms with van der Waals surface area (Å²) in [4.78, 5) is 20.8. The zero-order valence-corrected chi connectivity index (χ0v) is 8.56. The van der Waals surface area contributed by atoms with Crippen molar-refractivity contribution < 1.29 is 19.1 Å². The van der Waals surface area contributed by atoms with Gasteiger partial charge in [-0.05, 0) is 20.3 Å². The fourth-order valence-electron chi connectivity index (χ4n) is 0.790. The van der Waals surface area contributed by atoms with Crippen LogP contribution in [0.2, 0.25) is 0 Å². The fraction of sp³-hybridized carbons (Fsp3) is 0.600. The van der Waals surface area contributed by atoms with Crippen molar-refractivity contribution in [2.75, 3.05) is 6.61 Å². The van der Waals surface area contributed by atoms with Gasteiger partial charge < -0.3 is 14.3 Å². The molecule has 14 heavy (non-hydrogen) atoms. The number of carbonyl (C=O) groups excluding carboxylic acids is 2. The molecule has 0 amide bonds. The summed E-state index contributed by atoms with van der Waals surface area (Å²) < 4.78 is 9.76. The van der Waals surface area contributed by atoms with Crippen LogP contribution >= 0.6 is 0 Å². The monoisotopic (exact) mass is 200 g/mol. The predicted molar refractivity (Wildman–Crippen MR) is 51.6 cm³/mol. The number of rotatable bonds is 7. The number of aldehydes is 1. The Morgan fingerprint density at radius 2 is 2.21 bits per heavy atom. The molecule has 0 saturated heterocycles. The molecule has 4 nitrogen and oxygen atoms in total. The summed E-state index contributed by atoms with van der Waals surface area (Å²) >= 11 is 0. The molecule has 0 radical (unpaired) electrons. The highest BCUT2D eigenvalue weighted by molar-refractivity contribution is 5.81. The Hall–Kier alpha value is -1.32. The van der Waals surface area contributed by atoms with E-state index in [0.717, 1.165) is 6.29 Å². The SMILES string of the molecule is CCOC(=O)/C=C/OC(C)CCC=O. The summed E-state index contributed by atoms with van der Waals surface area (Å²) in [6.45, 7) is 3.92. The standard InChI is InChI=1S/C10H16O4/c1-3-13-10(12)6-8-14-9(2)5-4-7-11/h6-9H,3-5H2,1-2H3/b8-6+. The molecule has 0 N–H and O–H groups in total. The Kier molecular flexibility index (Phi) is 7.50. The van der Waals surface area contributed by atoms with Gasteiger partial charge in [0.1, 0.15) is 6.29 Å². The summed E-state index contributed by atoms with van der Waals surface area (Å²) in [6, 6.07) is 0. The number of hydrogen-bond donors (Lipinski definition) is 0. The minimum absolute atomic E-state index is 0.0640. The number of ether oxygens (including phenoxy) is 2. The molecular formula is C10H16O4. The van der Waals surface area contributed by atoms with Crippen LogP contribution in [0.4, 0.5) is 0 Å². The highest BCUT2D eigenvalue weighted by Crippen LogP contribution is 2.00. The first-order valence-corrected chi connectivity index (χ1v) is 4.63. The number of carbonyl (C=O) groups is 2. The van der Waals surface area contributed by atoms with E-state index in [9.17, 15) is 9.59 Å². The van der Waals surface area contributed by atoms with Crippen molar-refractivity contribution in [3.63, 3.8) is 0 Å². The fourth-order valence-corrected chi connectivity index (χ4v) is 0.790. The molecule has 0 aromatic rings. The predicted octanol–water partition coefficient (Wildman–Crippen LogP) is 1.45. The van der Waals surface area contributed by atoms with Crippen LogP contribution in [0.5, 0.6) is 0 Å². The lowest BCUT2D eigenvalue weighted by atomic mass is 10.2. The van der Waals surface area contributed by atoms with Crippen LogP contribution in [0.15, 0.2) is 12.3 Å². The summed E-state index contributed by atoms with van der Waals surface area (Å²) in [6.07, 6.45) is 4.42. The van der Waals surface area contributed by atoms with E-state index >= 15 is 0 Å². The van der Waals surface area contributed by atoms with Gasteiger partial charge in [-0.2, -0.15) is 0 Å². The molecule has 0 aromatic carbocycles. The van der Waals surface area contributed by atoms with E-state index in [1.54, 1.807) is 6.92 Å². The van der Waals surface area contributed by atoms with Crippen molar-refractivity contribution in [1.29, 1.82) is 0 Å². The largest absolute Gasteiger partial charge is 0.498 e. The molecule has 0 aliphatic carbocycles. The Morgan fingerprint density at radius 3 is 2.79 bits per heavy atom. The van der Waals surface area contributed by atoms with Crippen molar-refractivity contribution in [1.82, 2.24) is 0 Å². The van der Waals surface area contributed by atoms with E-state index in [1.807, 2.05) is 6.92 Å². The second kappa shape index (κ2) is 8.29. The van der Waals surface area contributed by atoms with Crippen LogP contribution in [-0.4, -0.2) is 25.0 Å². The lowest BCUT2D eigenvalue weighted by Gasteiger charge is -2.08. The maximum atomic E-state index is 10.8. The molecule has 0 aromatic heterocycles. The molecule has 0 rings (SSSR count). The molecule has 0 bridgehead atoms. The average molecular weight is 200 g/mol. The summed E-state index contributed by atoms with van der Waals surface area (Å²) in [7, 11) is 0.